The molecule has 0 bridgehead atoms. The van der Waals surface area contributed by atoms with E-state index in [0.717, 1.165) is 37.2 Å². The molecule has 16 heavy (non-hydrogen) atoms. The van der Waals surface area contributed by atoms with Crippen LogP contribution in [0.1, 0.15) is 35.2 Å². The molecule has 0 radical (unpaired) electrons. The topological polar surface area (TPSA) is 39.2 Å². The average Bonchev–Trinajstić information content (AvgIpc) is 2.31. The second kappa shape index (κ2) is 5.21. The minimum atomic E-state index is 0.242. The van der Waals surface area contributed by atoms with Crippen molar-refractivity contribution in [2.75, 3.05) is 13.2 Å². The van der Waals surface area contributed by atoms with Crippen LogP contribution in [0.4, 0.5) is 0 Å². The van der Waals surface area contributed by atoms with Gasteiger partial charge in [-0.15, -0.1) is 0 Å². The van der Waals surface area contributed by atoms with Crippen LogP contribution >= 0.6 is 0 Å². The fraction of sp³-hybridized carbons (Fsp3) is 0.538. The van der Waals surface area contributed by atoms with Gasteiger partial charge in [0.05, 0.1) is 0 Å². The van der Waals surface area contributed by atoms with Crippen LogP contribution in [0.5, 0.6) is 0 Å². The zero-order valence-corrected chi connectivity index (χ0v) is 9.61. The second-order valence-corrected chi connectivity index (χ2v) is 4.37. The zero-order chi connectivity index (χ0) is 11.4. The number of pyridine rings is 1. The molecule has 0 atom stereocenters. The number of aromatic nitrogens is 1. The number of hydrogen-bond acceptors (Lipinski definition) is 3. The highest BCUT2D eigenvalue weighted by Crippen LogP contribution is 2.21. The molecule has 0 N–H and O–H groups in total. The van der Waals surface area contributed by atoms with E-state index in [1.807, 2.05) is 13.0 Å². The molecule has 0 saturated carbocycles. The molecule has 1 fully saturated rings. The Hall–Kier alpha value is -1.22. The van der Waals surface area contributed by atoms with E-state index < -0.39 is 0 Å². The summed E-state index contributed by atoms with van der Waals surface area (Å²) in [6.45, 7) is 3.53. The molecule has 1 aromatic heterocycles. The van der Waals surface area contributed by atoms with E-state index >= 15 is 0 Å². The van der Waals surface area contributed by atoms with Crippen LogP contribution in [-0.2, 0) is 4.74 Å². The van der Waals surface area contributed by atoms with Crippen molar-refractivity contribution in [3.63, 3.8) is 0 Å². The van der Waals surface area contributed by atoms with Gasteiger partial charge in [-0.3, -0.25) is 9.78 Å². The molecular weight excluding hydrogens is 202 g/mol. The summed E-state index contributed by atoms with van der Waals surface area (Å²) in [4.78, 5) is 16.1. The van der Waals surface area contributed by atoms with Gasteiger partial charge in [-0.05, 0) is 37.3 Å². The van der Waals surface area contributed by atoms with Gasteiger partial charge in [0.25, 0.3) is 0 Å². The van der Waals surface area contributed by atoms with Crippen LogP contribution in [0.3, 0.4) is 0 Å². The lowest BCUT2D eigenvalue weighted by Crippen LogP contribution is -2.19. The Labute approximate surface area is 95.8 Å². The number of hydrogen-bond donors (Lipinski definition) is 0. The Morgan fingerprint density at radius 3 is 2.94 bits per heavy atom. The van der Waals surface area contributed by atoms with Gasteiger partial charge < -0.3 is 4.74 Å². The number of aryl methyl sites for hydroxylation is 1. The van der Waals surface area contributed by atoms with Gasteiger partial charge in [-0.2, -0.15) is 0 Å². The van der Waals surface area contributed by atoms with Gasteiger partial charge in [0.1, 0.15) is 0 Å². The van der Waals surface area contributed by atoms with Gasteiger partial charge in [0.2, 0.25) is 0 Å². The second-order valence-electron chi connectivity index (χ2n) is 4.37. The molecule has 0 unspecified atom stereocenters. The Balaban J connectivity index is 2.00. The maximum Gasteiger partial charge on any atom is 0.163 e. The molecule has 3 heteroatoms. The van der Waals surface area contributed by atoms with Crippen molar-refractivity contribution in [1.29, 1.82) is 0 Å². The molecule has 2 rings (SSSR count). The highest BCUT2D eigenvalue weighted by Gasteiger charge is 2.19. The third kappa shape index (κ3) is 2.67. The lowest BCUT2D eigenvalue weighted by Gasteiger charge is -2.21. The van der Waals surface area contributed by atoms with E-state index in [0.29, 0.717) is 12.3 Å². The first kappa shape index (κ1) is 11.3. The number of ketones is 1. The molecule has 3 nitrogen and oxygen atoms in total. The molecule has 1 aliphatic rings. The van der Waals surface area contributed by atoms with Crippen molar-refractivity contribution in [3.8, 4) is 0 Å². The highest BCUT2D eigenvalue weighted by molar-refractivity contribution is 5.97. The van der Waals surface area contributed by atoms with Crippen molar-refractivity contribution in [1.82, 2.24) is 4.98 Å². The Morgan fingerprint density at radius 1 is 1.50 bits per heavy atom. The van der Waals surface area contributed by atoms with Gasteiger partial charge in [0, 0.05) is 37.6 Å². The zero-order valence-electron chi connectivity index (χ0n) is 9.61. The van der Waals surface area contributed by atoms with Crippen molar-refractivity contribution in [2.24, 2.45) is 5.92 Å². The fourth-order valence-electron chi connectivity index (χ4n) is 2.11. The maximum absolute atomic E-state index is 12.1. The van der Waals surface area contributed by atoms with Crippen LogP contribution < -0.4 is 0 Å². The monoisotopic (exact) mass is 219 g/mol. The van der Waals surface area contributed by atoms with E-state index in [1.165, 1.54) is 0 Å². The number of rotatable bonds is 3. The van der Waals surface area contributed by atoms with Crippen molar-refractivity contribution in [2.45, 2.75) is 26.2 Å². The quantitative estimate of drug-likeness (QED) is 0.733. The van der Waals surface area contributed by atoms with Crippen molar-refractivity contribution in [3.05, 3.63) is 29.6 Å². The van der Waals surface area contributed by atoms with Crippen LogP contribution in [0.15, 0.2) is 18.5 Å². The number of carbonyl (C=O) groups excluding carboxylic acids is 1. The fourth-order valence-corrected chi connectivity index (χ4v) is 2.11. The summed E-state index contributed by atoms with van der Waals surface area (Å²) < 4.78 is 5.29. The van der Waals surface area contributed by atoms with Crippen LogP contribution in [0.2, 0.25) is 0 Å². The molecule has 1 aliphatic heterocycles. The Morgan fingerprint density at radius 2 is 2.25 bits per heavy atom. The molecule has 1 saturated heterocycles. The first-order valence-electron chi connectivity index (χ1n) is 5.79. The molecule has 0 aliphatic carbocycles. The summed E-state index contributed by atoms with van der Waals surface area (Å²) in [6.07, 6.45) is 6.10. The van der Waals surface area contributed by atoms with Crippen LogP contribution in [0, 0.1) is 12.8 Å². The molecule has 0 spiro atoms. The molecule has 2 heterocycles. The number of carbonyl (C=O) groups is 1. The Kier molecular flexibility index (Phi) is 3.67. The Bertz CT molecular complexity index is 370. The number of ether oxygens (including phenoxy) is 1. The van der Waals surface area contributed by atoms with Gasteiger partial charge in [-0.25, -0.2) is 0 Å². The highest BCUT2D eigenvalue weighted by atomic mass is 16.5. The minimum Gasteiger partial charge on any atom is -0.381 e. The van der Waals surface area contributed by atoms with Gasteiger partial charge in [-0.1, -0.05) is 0 Å². The molecule has 1 aromatic rings. The first-order valence-corrected chi connectivity index (χ1v) is 5.79. The predicted molar refractivity (Wildman–Crippen MR) is 61.5 cm³/mol. The van der Waals surface area contributed by atoms with E-state index in [1.54, 1.807) is 12.4 Å². The summed E-state index contributed by atoms with van der Waals surface area (Å²) in [5.41, 5.74) is 1.79. The van der Waals surface area contributed by atoms with Crippen molar-refractivity contribution >= 4 is 5.78 Å². The smallest absolute Gasteiger partial charge is 0.163 e. The molecule has 0 aromatic carbocycles. The van der Waals surface area contributed by atoms with Crippen LogP contribution in [0.25, 0.3) is 0 Å². The maximum atomic E-state index is 12.1. The summed E-state index contributed by atoms with van der Waals surface area (Å²) in [6, 6.07) is 1.82. The van der Waals surface area contributed by atoms with Gasteiger partial charge in [0.15, 0.2) is 5.78 Å². The first-order chi connectivity index (χ1) is 7.77. The predicted octanol–water partition coefficient (Wildman–Crippen LogP) is 2.39. The number of Topliss-reactive ketones (excluding diaryl/α,β-unsaturated/α-hetero) is 1. The average molecular weight is 219 g/mol. The summed E-state index contributed by atoms with van der Waals surface area (Å²) in [5.74, 6) is 0.737. The van der Waals surface area contributed by atoms with Gasteiger partial charge >= 0.3 is 0 Å². The molecule has 86 valence electrons. The molecular formula is C13H17NO2. The standard InChI is InChI=1S/C13H17NO2/c1-10-9-14-5-2-12(10)13(15)8-11-3-6-16-7-4-11/h2,5,9,11H,3-4,6-8H2,1H3. The summed E-state index contributed by atoms with van der Waals surface area (Å²) in [5, 5.41) is 0. The SMILES string of the molecule is Cc1cnccc1C(=O)CC1CCOCC1. The normalized spacial score (nSPS) is 17.3. The summed E-state index contributed by atoms with van der Waals surface area (Å²) >= 11 is 0. The van der Waals surface area contributed by atoms with Crippen LogP contribution in [-0.4, -0.2) is 24.0 Å². The third-order valence-corrected chi connectivity index (χ3v) is 3.14. The third-order valence-electron chi connectivity index (χ3n) is 3.14. The molecule has 0 amide bonds. The minimum absolute atomic E-state index is 0.242. The van der Waals surface area contributed by atoms with E-state index in [-0.39, 0.29) is 5.78 Å². The van der Waals surface area contributed by atoms with E-state index in [9.17, 15) is 4.79 Å². The number of nitrogens with zero attached hydrogens (tertiary/aromatic N) is 1. The lowest BCUT2D eigenvalue weighted by atomic mass is 9.91. The lowest BCUT2D eigenvalue weighted by molar-refractivity contribution is 0.0601. The largest absolute Gasteiger partial charge is 0.381 e. The van der Waals surface area contributed by atoms with E-state index in [4.69, 9.17) is 4.74 Å². The van der Waals surface area contributed by atoms with Crippen molar-refractivity contribution < 1.29 is 9.53 Å². The van der Waals surface area contributed by atoms with E-state index in [2.05, 4.69) is 4.98 Å². The summed E-state index contributed by atoms with van der Waals surface area (Å²) in [7, 11) is 0.